The van der Waals surface area contributed by atoms with Crippen LogP contribution in [0.15, 0.2) is 11.4 Å². The minimum absolute atomic E-state index is 0.299. The summed E-state index contributed by atoms with van der Waals surface area (Å²) in [5, 5.41) is 23.0. The van der Waals surface area contributed by atoms with Crippen molar-refractivity contribution in [1.82, 2.24) is 20.2 Å². The number of rotatable bonds is 6. The maximum Gasteiger partial charge on any atom is 0.308 e. The standard InChI is InChI=1S/C13H18N4O2S/c1-8(2)6-10(13(18)19)7-17-12(14-15-16-17)11-9(3)4-5-20-11/h4-5,8,10H,6-7H2,1-3H3,(H,18,19). The summed E-state index contributed by atoms with van der Waals surface area (Å²) < 4.78 is 1.60. The molecule has 7 heteroatoms. The van der Waals surface area contributed by atoms with Gasteiger partial charge in [-0.25, -0.2) is 4.68 Å². The number of hydrogen-bond donors (Lipinski definition) is 1. The van der Waals surface area contributed by atoms with E-state index in [1.54, 1.807) is 16.0 Å². The average Bonchev–Trinajstić information content (AvgIpc) is 2.96. The molecule has 0 spiro atoms. The molecule has 2 aromatic rings. The van der Waals surface area contributed by atoms with Gasteiger partial charge >= 0.3 is 5.97 Å². The van der Waals surface area contributed by atoms with Crippen LogP contribution in [-0.4, -0.2) is 31.3 Å². The molecule has 0 aromatic carbocycles. The number of tetrazole rings is 1. The molecule has 0 saturated carbocycles. The van der Waals surface area contributed by atoms with Crippen LogP contribution in [0, 0.1) is 18.8 Å². The van der Waals surface area contributed by atoms with Crippen LogP contribution in [-0.2, 0) is 11.3 Å². The normalized spacial score (nSPS) is 12.8. The first kappa shape index (κ1) is 14.6. The minimum Gasteiger partial charge on any atom is -0.481 e. The van der Waals surface area contributed by atoms with Crippen molar-refractivity contribution >= 4 is 17.3 Å². The van der Waals surface area contributed by atoms with Gasteiger partial charge in [0, 0.05) is 0 Å². The van der Waals surface area contributed by atoms with Gasteiger partial charge in [0.1, 0.15) is 0 Å². The third-order valence-corrected chi connectivity index (χ3v) is 4.11. The molecule has 0 aliphatic rings. The highest BCUT2D eigenvalue weighted by Crippen LogP contribution is 2.27. The van der Waals surface area contributed by atoms with E-state index in [2.05, 4.69) is 15.5 Å². The van der Waals surface area contributed by atoms with Crippen molar-refractivity contribution in [3.63, 3.8) is 0 Å². The van der Waals surface area contributed by atoms with Crippen molar-refractivity contribution in [2.75, 3.05) is 0 Å². The third kappa shape index (κ3) is 3.22. The lowest BCUT2D eigenvalue weighted by atomic mass is 9.97. The molecule has 108 valence electrons. The summed E-state index contributed by atoms with van der Waals surface area (Å²) in [6.45, 7) is 6.32. The van der Waals surface area contributed by atoms with Gasteiger partial charge in [0.15, 0.2) is 5.82 Å². The van der Waals surface area contributed by atoms with Crippen LogP contribution >= 0.6 is 11.3 Å². The molecule has 0 fully saturated rings. The van der Waals surface area contributed by atoms with E-state index >= 15 is 0 Å². The monoisotopic (exact) mass is 294 g/mol. The fourth-order valence-electron chi connectivity index (χ4n) is 2.12. The fourth-order valence-corrected chi connectivity index (χ4v) is 3.04. The molecule has 1 atom stereocenters. The molecule has 0 bridgehead atoms. The molecule has 2 rings (SSSR count). The van der Waals surface area contributed by atoms with Gasteiger partial charge in [-0.2, -0.15) is 0 Å². The minimum atomic E-state index is -0.803. The van der Waals surface area contributed by atoms with Gasteiger partial charge in [0.05, 0.1) is 17.3 Å². The number of aliphatic carboxylic acids is 1. The summed E-state index contributed by atoms with van der Waals surface area (Å²) in [7, 11) is 0. The zero-order valence-corrected chi connectivity index (χ0v) is 12.6. The van der Waals surface area contributed by atoms with Crippen LogP contribution in [0.4, 0.5) is 0 Å². The quantitative estimate of drug-likeness (QED) is 0.885. The summed E-state index contributed by atoms with van der Waals surface area (Å²) in [5.74, 6) is -0.312. The molecule has 1 N–H and O–H groups in total. The van der Waals surface area contributed by atoms with Gasteiger partial charge in [0.2, 0.25) is 0 Å². The van der Waals surface area contributed by atoms with E-state index < -0.39 is 11.9 Å². The summed E-state index contributed by atoms with van der Waals surface area (Å²) in [6.07, 6.45) is 0.609. The Bertz CT molecular complexity index is 591. The van der Waals surface area contributed by atoms with Crippen LogP contribution in [0.2, 0.25) is 0 Å². The van der Waals surface area contributed by atoms with E-state index in [0.29, 0.717) is 24.7 Å². The molecule has 0 amide bonds. The highest BCUT2D eigenvalue weighted by atomic mass is 32.1. The van der Waals surface area contributed by atoms with Gasteiger partial charge < -0.3 is 5.11 Å². The average molecular weight is 294 g/mol. The third-order valence-electron chi connectivity index (χ3n) is 3.10. The molecule has 20 heavy (non-hydrogen) atoms. The molecule has 2 heterocycles. The van der Waals surface area contributed by atoms with E-state index in [9.17, 15) is 9.90 Å². The zero-order valence-electron chi connectivity index (χ0n) is 11.8. The highest BCUT2D eigenvalue weighted by Gasteiger charge is 2.23. The van der Waals surface area contributed by atoms with Crippen molar-refractivity contribution in [3.8, 4) is 10.7 Å². The summed E-state index contributed by atoms with van der Waals surface area (Å²) >= 11 is 1.56. The topological polar surface area (TPSA) is 80.9 Å². The molecule has 0 aliphatic heterocycles. The summed E-state index contributed by atoms with van der Waals surface area (Å²) in [5.41, 5.74) is 1.10. The lowest BCUT2D eigenvalue weighted by Gasteiger charge is -2.15. The molecule has 0 radical (unpaired) electrons. The molecule has 0 aliphatic carbocycles. The largest absolute Gasteiger partial charge is 0.481 e. The second kappa shape index (κ2) is 6.13. The van der Waals surface area contributed by atoms with Gasteiger partial charge in [-0.1, -0.05) is 13.8 Å². The SMILES string of the molecule is Cc1ccsc1-c1nnnn1CC(CC(C)C)C(=O)O. The molecular weight excluding hydrogens is 276 g/mol. The predicted octanol–water partition coefficient (Wildman–Crippen LogP) is 2.46. The summed E-state index contributed by atoms with van der Waals surface area (Å²) in [6, 6.07) is 2.00. The van der Waals surface area contributed by atoms with Crippen molar-refractivity contribution < 1.29 is 9.90 Å². The number of nitrogens with zero attached hydrogens (tertiary/aromatic N) is 4. The first-order valence-corrected chi connectivity index (χ1v) is 7.40. The first-order valence-electron chi connectivity index (χ1n) is 6.52. The number of carboxylic acids is 1. The van der Waals surface area contributed by atoms with Crippen molar-refractivity contribution in [2.24, 2.45) is 11.8 Å². The van der Waals surface area contributed by atoms with E-state index in [-0.39, 0.29) is 0 Å². The molecule has 0 saturated heterocycles. The van der Waals surface area contributed by atoms with Gasteiger partial charge in [-0.05, 0) is 46.7 Å². The Morgan fingerprint density at radius 3 is 2.80 bits per heavy atom. The van der Waals surface area contributed by atoms with E-state index in [4.69, 9.17) is 0 Å². The fraction of sp³-hybridized carbons (Fsp3) is 0.538. The van der Waals surface area contributed by atoms with Crippen molar-refractivity contribution in [3.05, 3.63) is 17.0 Å². The van der Waals surface area contributed by atoms with Gasteiger partial charge in [0.25, 0.3) is 0 Å². The van der Waals surface area contributed by atoms with Crippen molar-refractivity contribution in [2.45, 2.75) is 33.7 Å². The Morgan fingerprint density at radius 2 is 2.25 bits per heavy atom. The van der Waals surface area contributed by atoms with Gasteiger partial charge in [-0.15, -0.1) is 16.4 Å². The lowest BCUT2D eigenvalue weighted by Crippen LogP contribution is -2.23. The molecule has 2 aromatic heterocycles. The Labute approximate surface area is 121 Å². The number of thiophene rings is 1. The van der Waals surface area contributed by atoms with Crippen LogP contribution in [0.5, 0.6) is 0 Å². The Hall–Kier alpha value is -1.76. The first-order chi connectivity index (χ1) is 9.49. The van der Waals surface area contributed by atoms with Crippen LogP contribution in [0.3, 0.4) is 0 Å². The van der Waals surface area contributed by atoms with Crippen LogP contribution in [0.25, 0.3) is 10.7 Å². The number of aryl methyl sites for hydroxylation is 1. The number of hydrogen-bond acceptors (Lipinski definition) is 5. The Kier molecular flexibility index (Phi) is 4.49. The Balaban J connectivity index is 2.24. The maximum atomic E-state index is 11.3. The Morgan fingerprint density at radius 1 is 1.50 bits per heavy atom. The van der Waals surface area contributed by atoms with E-state index in [1.165, 1.54) is 0 Å². The van der Waals surface area contributed by atoms with E-state index in [1.807, 2.05) is 32.2 Å². The predicted molar refractivity (Wildman–Crippen MR) is 76.4 cm³/mol. The van der Waals surface area contributed by atoms with E-state index in [0.717, 1.165) is 10.4 Å². The number of aromatic nitrogens is 4. The highest BCUT2D eigenvalue weighted by molar-refractivity contribution is 7.13. The smallest absolute Gasteiger partial charge is 0.308 e. The molecule has 6 nitrogen and oxygen atoms in total. The van der Waals surface area contributed by atoms with Crippen LogP contribution in [0.1, 0.15) is 25.8 Å². The van der Waals surface area contributed by atoms with Crippen LogP contribution < -0.4 is 0 Å². The maximum absolute atomic E-state index is 11.3. The van der Waals surface area contributed by atoms with Crippen molar-refractivity contribution in [1.29, 1.82) is 0 Å². The molecular formula is C13H18N4O2S. The molecule has 1 unspecified atom stereocenters. The summed E-state index contributed by atoms with van der Waals surface area (Å²) in [4.78, 5) is 12.3. The second-order valence-corrected chi connectivity index (χ2v) is 6.20. The number of carboxylic acid groups (broad SMARTS) is 1. The zero-order chi connectivity index (χ0) is 14.7. The second-order valence-electron chi connectivity index (χ2n) is 5.28. The van der Waals surface area contributed by atoms with Gasteiger partial charge in [-0.3, -0.25) is 4.79 Å². The lowest BCUT2D eigenvalue weighted by molar-refractivity contribution is -0.142. The number of carbonyl (C=O) groups is 1.